The zero-order chi connectivity index (χ0) is 10.7. The molecule has 0 atom stereocenters. The lowest BCUT2D eigenvalue weighted by Crippen LogP contribution is -2.39. The van der Waals surface area contributed by atoms with Crippen molar-refractivity contribution < 1.29 is 9.53 Å². The molecule has 1 aliphatic rings. The van der Waals surface area contributed by atoms with Gasteiger partial charge < -0.3 is 10.5 Å². The Balaban J connectivity index is 2.83. The molecule has 0 unspecified atom stereocenters. The lowest BCUT2D eigenvalue weighted by molar-refractivity contribution is -0.138. The number of esters is 1. The highest BCUT2D eigenvalue weighted by molar-refractivity contribution is 9.11. The van der Waals surface area contributed by atoms with Crippen molar-refractivity contribution >= 4 is 21.9 Å². The van der Waals surface area contributed by atoms with Crippen LogP contribution in [0.15, 0.2) is 22.0 Å². The van der Waals surface area contributed by atoms with Crippen LogP contribution in [0, 0.1) is 0 Å². The van der Waals surface area contributed by atoms with E-state index in [1.54, 1.807) is 13.0 Å². The molecule has 0 saturated carbocycles. The fourth-order valence-electron chi connectivity index (χ4n) is 1.03. The van der Waals surface area contributed by atoms with Crippen LogP contribution in [0.3, 0.4) is 0 Å². The van der Waals surface area contributed by atoms with Crippen molar-refractivity contribution in [3.05, 3.63) is 22.0 Å². The Bertz CT molecular complexity index is 312. The van der Waals surface area contributed by atoms with Crippen molar-refractivity contribution in [1.82, 2.24) is 5.01 Å². The molecule has 78 valence electrons. The van der Waals surface area contributed by atoms with E-state index >= 15 is 0 Å². The maximum Gasteiger partial charge on any atom is 0.335 e. The van der Waals surface area contributed by atoms with E-state index in [1.807, 2.05) is 0 Å². The predicted octanol–water partition coefficient (Wildman–Crippen LogP) is 0.188. The Morgan fingerprint density at radius 2 is 2.43 bits per heavy atom. The Hall–Kier alpha value is -1.01. The molecule has 0 radical (unpaired) electrons. The van der Waals surface area contributed by atoms with E-state index in [1.165, 1.54) is 5.01 Å². The number of hydrogen-bond acceptors (Lipinski definition) is 5. The van der Waals surface area contributed by atoms with Gasteiger partial charge >= 0.3 is 5.97 Å². The molecular weight excluding hydrogens is 250 g/mol. The van der Waals surface area contributed by atoms with E-state index in [0.717, 1.165) is 0 Å². The van der Waals surface area contributed by atoms with Gasteiger partial charge in [0.15, 0.2) is 0 Å². The summed E-state index contributed by atoms with van der Waals surface area (Å²) in [7, 11) is 0. The van der Waals surface area contributed by atoms with Crippen LogP contribution in [-0.4, -0.2) is 24.1 Å². The topological polar surface area (TPSA) is 81.6 Å². The van der Waals surface area contributed by atoms with Crippen LogP contribution in [0.25, 0.3) is 0 Å². The number of ether oxygens (including phenoxy) is 1. The second-order valence-corrected chi connectivity index (χ2v) is 3.61. The standard InChI is InChI=1S/C8H12BrN3O2/c1-2-14-8(13)5-3-6(9)7(10)12(11)4-5/h3H,2,4,10-11H2,1H3. The summed E-state index contributed by atoms with van der Waals surface area (Å²) in [6.07, 6.45) is 1.62. The Morgan fingerprint density at radius 1 is 1.79 bits per heavy atom. The third-order valence-electron chi connectivity index (χ3n) is 1.73. The van der Waals surface area contributed by atoms with E-state index in [2.05, 4.69) is 15.9 Å². The number of carbonyl (C=O) groups is 1. The zero-order valence-corrected chi connectivity index (χ0v) is 9.37. The molecule has 0 fully saturated rings. The number of nitrogens with two attached hydrogens (primary N) is 2. The first kappa shape index (κ1) is 11.1. The molecule has 1 aliphatic heterocycles. The number of allylic oxidation sites excluding steroid dienone is 2. The average molecular weight is 262 g/mol. The SMILES string of the molecule is CCOC(=O)C1=CC(Br)=C(N)N(N)C1. The van der Waals surface area contributed by atoms with Crippen molar-refractivity contribution in [2.75, 3.05) is 13.2 Å². The van der Waals surface area contributed by atoms with Gasteiger partial charge in [-0.1, -0.05) is 0 Å². The molecule has 5 nitrogen and oxygen atoms in total. The summed E-state index contributed by atoms with van der Waals surface area (Å²) in [5, 5.41) is 1.29. The minimum atomic E-state index is -0.368. The summed E-state index contributed by atoms with van der Waals surface area (Å²) in [4.78, 5) is 11.3. The van der Waals surface area contributed by atoms with Crippen LogP contribution in [0.2, 0.25) is 0 Å². The van der Waals surface area contributed by atoms with Gasteiger partial charge in [-0.3, -0.25) is 5.01 Å². The highest BCUT2D eigenvalue weighted by Crippen LogP contribution is 2.20. The molecule has 0 aromatic rings. The van der Waals surface area contributed by atoms with E-state index < -0.39 is 0 Å². The minimum absolute atomic E-state index is 0.264. The highest BCUT2D eigenvalue weighted by Gasteiger charge is 2.20. The Labute approximate surface area is 90.5 Å². The lowest BCUT2D eigenvalue weighted by Gasteiger charge is -2.24. The van der Waals surface area contributed by atoms with Crippen LogP contribution < -0.4 is 11.6 Å². The fourth-order valence-corrected chi connectivity index (χ4v) is 1.53. The number of hydrogen-bond donors (Lipinski definition) is 2. The summed E-state index contributed by atoms with van der Waals surface area (Å²) in [5.74, 6) is 5.60. The van der Waals surface area contributed by atoms with Crippen LogP contribution >= 0.6 is 15.9 Å². The summed E-state index contributed by atoms with van der Waals surface area (Å²) in [6, 6.07) is 0. The van der Waals surface area contributed by atoms with E-state index in [-0.39, 0.29) is 12.5 Å². The van der Waals surface area contributed by atoms with Gasteiger partial charge in [0.05, 0.1) is 23.2 Å². The fraction of sp³-hybridized carbons (Fsp3) is 0.375. The number of nitrogens with zero attached hydrogens (tertiary/aromatic N) is 1. The summed E-state index contributed by atoms with van der Waals surface area (Å²) < 4.78 is 5.43. The number of halogens is 1. The van der Waals surface area contributed by atoms with Gasteiger partial charge in [-0.2, -0.15) is 0 Å². The van der Waals surface area contributed by atoms with E-state index in [4.69, 9.17) is 16.3 Å². The first-order chi connectivity index (χ1) is 6.56. The minimum Gasteiger partial charge on any atom is -0.463 e. The van der Waals surface area contributed by atoms with E-state index in [9.17, 15) is 4.79 Å². The maximum atomic E-state index is 11.3. The quantitative estimate of drug-likeness (QED) is 0.548. The zero-order valence-electron chi connectivity index (χ0n) is 7.79. The van der Waals surface area contributed by atoms with Crippen molar-refractivity contribution in [2.45, 2.75) is 6.92 Å². The molecule has 0 amide bonds. The van der Waals surface area contributed by atoms with Gasteiger partial charge in [-0.05, 0) is 28.9 Å². The van der Waals surface area contributed by atoms with Gasteiger partial charge in [-0.15, -0.1) is 0 Å². The summed E-state index contributed by atoms with van der Waals surface area (Å²) in [6.45, 7) is 2.36. The third kappa shape index (κ3) is 2.27. The van der Waals surface area contributed by atoms with Gasteiger partial charge in [0.1, 0.15) is 5.82 Å². The second-order valence-electron chi connectivity index (χ2n) is 2.75. The summed E-state index contributed by atoms with van der Waals surface area (Å²) >= 11 is 3.20. The molecule has 1 rings (SSSR count). The molecule has 14 heavy (non-hydrogen) atoms. The van der Waals surface area contributed by atoms with Crippen molar-refractivity contribution in [3.8, 4) is 0 Å². The van der Waals surface area contributed by atoms with Crippen LogP contribution in [0.1, 0.15) is 6.92 Å². The molecule has 0 aliphatic carbocycles. The molecule has 0 aromatic carbocycles. The number of hydrazine groups is 1. The second kappa shape index (κ2) is 4.47. The maximum absolute atomic E-state index is 11.3. The first-order valence-electron chi connectivity index (χ1n) is 4.11. The first-order valence-corrected chi connectivity index (χ1v) is 4.90. The molecular formula is C8H12BrN3O2. The Morgan fingerprint density at radius 3 is 2.93 bits per heavy atom. The number of carbonyl (C=O) groups excluding carboxylic acids is 1. The molecule has 0 aromatic heterocycles. The largest absolute Gasteiger partial charge is 0.463 e. The van der Waals surface area contributed by atoms with Crippen LogP contribution in [0.4, 0.5) is 0 Å². The molecule has 0 saturated heterocycles. The normalized spacial score (nSPS) is 16.8. The molecule has 0 bridgehead atoms. The smallest absolute Gasteiger partial charge is 0.335 e. The number of rotatable bonds is 2. The van der Waals surface area contributed by atoms with Crippen molar-refractivity contribution in [1.29, 1.82) is 0 Å². The summed E-state index contributed by atoms with van der Waals surface area (Å²) in [5.41, 5.74) is 6.08. The molecule has 4 N–H and O–H groups in total. The highest BCUT2D eigenvalue weighted by atomic mass is 79.9. The van der Waals surface area contributed by atoms with Gasteiger partial charge in [0.2, 0.25) is 0 Å². The lowest BCUT2D eigenvalue weighted by atomic mass is 10.2. The van der Waals surface area contributed by atoms with Crippen LogP contribution in [-0.2, 0) is 9.53 Å². The average Bonchev–Trinajstić information content (AvgIpc) is 2.13. The van der Waals surface area contributed by atoms with Crippen molar-refractivity contribution in [3.63, 3.8) is 0 Å². The monoisotopic (exact) mass is 261 g/mol. The van der Waals surface area contributed by atoms with Gasteiger partial charge in [0, 0.05) is 0 Å². The van der Waals surface area contributed by atoms with Gasteiger partial charge in [0.25, 0.3) is 0 Å². The van der Waals surface area contributed by atoms with Crippen LogP contribution in [0.5, 0.6) is 0 Å². The van der Waals surface area contributed by atoms with Gasteiger partial charge in [-0.25, -0.2) is 10.6 Å². The van der Waals surface area contributed by atoms with E-state index in [0.29, 0.717) is 22.5 Å². The predicted molar refractivity (Wildman–Crippen MR) is 55.7 cm³/mol. The molecule has 0 spiro atoms. The molecule has 1 heterocycles. The van der Waals surface area contributed by atoms with Crippen molar-refractivity contribution in [2.24, 2.45) is 11.6 Å². The molecule has 6 heteroatoms. The Kier molecular flexibility index (Phi) is 3.54. The third-order valence-corrected chi connectivity index (χ3v) is 2.37.